The van der Waals surface area contributed by atoms with Crippen LogP contribution in [0.5, 0.6) is 0 Å². The monoisotopic (exact) mass is 351 g/mol. The third-order valence-corrected chi connectivity index (χ3v) is 5.51. The first-order valence-corrected chi connectivity index (χ1v) is 7.94. The normalized spacial score (nSPS) is 36.5. The molecule has 0 spiro atoms. The van der Waals surface area contributed by atoms with Gasteiger partial charge in [-0.15, -0.1) is 0 Å². The van der Waals surface area contributed by atoms with Gasteiger partial charge in [0.2, 0.25) is 11.8 Å². The number of anilines is 1. The first-order chi connectivity index (χ1) is 11.5. The summed E-state index contributed by atoms with van der Waals surface area (Å²) in [5.74, 6) is -2.46. The fourth-order valence-corrected chi connectivity index (χ4v) is 4.34. The van der Waals surface area contributed by atoms with Crippen molar-refractivity contribution in [2.45, 2.75) is 38.1 Å². The van der Waals surface area contributed by atoms with E-state index in [0.717, 1.165) is 11.0 Å². The van der Waals surface area contributed by atoms with Crippen LogP contribution in [0, 0.1) is 18.8 Å². The number of benzene rings is 1. The van der Waals surface area contributed by atoms with E-state index in [1.165, 1.54) is 19.1 Å². The maximum absolute atomic E-state index is 13.2. The van der Waals surface area contributed by atoms with Gasteiger partial charge in [-0.3, -0.25) is 9.59 Å². The summed E-state index contributed by atoms with van der Waals surface area (Å²) in [6.45, 7) is 4.80. The molecule has 0 radical (unpaired) electrons. The quantitative estimate of drug-likeness (QED) is 0.576. The first-order valence-electron chi connectivity index (χ1n) is 7.94. The molecule has 0 saturated carbocycles. The van der Waals surface area contributed by atoms with Gasteiger partial charge in [0.1, 0.15) is 0 Å². The van der Waals surface area contributed by atoms with Crippen molar-refractivity contribution in [1.82, 2.24) is 0 Å². The maximum atomic E-state index is 13.2. The number of carbonyl (C=O) groups is 2. The second-order valence-electron chi connectivity index (χ2n) is 7.27. The van der Waals surface area contributed by atoms with Crippen molar-refractivity contribution in [3.05, 3.63) is 41.5 Å². The number of alkyl halides is 3. The van der Waals surface area contributed by atoms with Crippen LogP contribution in [0.3, 0.4) is 0 Å². The Hall–Kier alpha value is -2.15. The van der Waals surface area contributed by atoms with Crippen molar-refractivity contribution in [1.29, 1.82) is 0 Å². The average Bonchev–Trinajstić information content (AvgIpc) is 3.04. The summed E-state index contributed by atoms with van der Waals surface area (Å²) in [7, 11) is 0. The summed E-state index contributed by atoms with van der Waals surface area (Å²) in [6, 6.07) is 3.52. The SMILES string of the molecule is Cc1ccc(N2C(=O)C3C(C2=O)C2(C)C=CC3(C)O2)cc1C(F)(F)F. The molecule has 2 saturated heterocycles. The van der Waals surface area contributed by atoms with E-state index >= 15 is 0 Å². The van der Waals surface area contributed by atoms with Crippen LogP contribution in [-0.4, -0.2) is 23.0 Å². The molecule has 4 rings (SSSR count). The number of carbonyl (C=O) groups excluding carboxylic acids is 2. The minimum atomic E-state index is -4.55. The number of imide groups is 1. The number of halogens is 3. The highest BCUT2D eigenvalue weighted by atomic mass is 19.4. The molecule has 3 heterocycles. The van der Waals surface area contributed by atoms with Gasteiger partial charge in [0.15, 0.2) is 0 Å². The highest BCUT2D eigenvalue weighted by Gasteiger charge is 2.70. The van der Waals surface area contributed by atoms with Crippen LogP contribution in [-0.2, 0) is 20.5 Å². The molecule has 4 unspecified atom stereocenters. The van der Waals surface area contributed by atoms with Gasteiger partial charge in [0.05, 0.1) is 34.3 Å². The predicted octanol–water partition coefficient (Wildman–Crippen LogP) is 3.24. The number of hydrogen-bond donors (Lipinski definition) is 0. The second-order valence-corrected chi connectivity index (χ2v) is 7.27. The zero-order chi connectivity index (χ0) is 18.4. The van der Waals surface area contributed by atoms with Crippen LogP contribution < -0.4 is 4.90 Å². The Kier molecular flexibility index (Phi) is 2.95. The number of aryl methyl sites for hydroxylation is 1. The number of fused-ring (bicyclic) bond motifs is 5. The van der Waals surface area contributed by atoms with E-state index in [2.05, 4.69) is 0 Å². The number of amides is 2. The van der Waals surface area contributed by atoms with E-state index in [1.54, 1.807) is 26.0 Å². The molecular formula is C18H16F3NO3. The summed E-state index contributed by atoms with van der Waals surface area (Å²) in [4.78, 5) is 26.7. The van der Waals surface area contributed by atoms with Crippen molar-refractivity contribution < 1.29 is 27.5 Å². The minimum Gasteiger partial charge on any atom is -0.359 e. The summed E-state index contributed by atoms with van der Waals surface area (Å²) < 4.78 is 45.4. The largest absolute Gasteiger partial charge is 0.416 e. The lowest BCUT2D eigenvalue weighted by Crippen LogP contribution is -2.39. The Morgan fingerprint density at radius 2 is 1.56 bits per heavy atom. The molecule has 7 heteroatoms. The zero-order valence-electron chi connectivity index (χ0n) is 13.8. The van der Waals surface area contributed by atoms with Gasteiger partial charge in [-0.1, -0.05) is 18.2 Å². The molecule has 0 N–H and O–H groups in total. The topological polar surface area (TPSA) is 46.6 Å². The average molecular weight is 351 g/mol. The minimum absolute atomic E-state index is 0.0412. The molecule has 1 aromatic carbocycles. The summed E-state index contributed by atoms with van der Waals surface area (Å²) in [6.07, 6.45) is -1.03. The highest BCUT2D eigenvalue weighted by Crippen LogP contribution is 2.57. The molecule has 4 nitrogen and oxygen atoms in total. The Balaban J connectivity index is 1.80. The second kappa shape index (κ2) is 4.52. The van der Waals surface area contributed by atoms with E-state index in [1.807, 2.05) is 0 Å². The van der Waals surface area contributed by atoms with Gasteiger partial charge in [-0.05, 0) is 38.5 Å². The molecule has 132 valence electrons. The molecular weight excluding hydrogens is 335 g/mol. The van der Waals surface area contributed by atoms with Crippen LogP contribution in [0.25, 0.3) is 0 Å². The van der Waals surface area contributed by atoms with E-state index < -0.39 is 46.6 Å². The molecule has 3 aliphatic rings. The summed E-state index contributed by atoms with van der Waals surface area (Å²) in [5, 5.41) is 0. The fraction of sp³-hybridized carbons (Fsp3) is 0.444. The van der Waals surface area contributed by atoms with Gasteiger partial charge < -0.3 is 4.74 Å². The first kappa shape index (κ1) is 16.3. The van der Waals surface area contributed by atoms with Crippen LogP contribution in [0.15, 0.2) is 30.4 Å². The van der Waals surface area contributed by atoms with Crippen molar-refractivity contribution in [3.63, 3.8) is 0 Å². The smallest absolute Gasteiger partial charge is 0.359 e. The van der Waals surface area contributed by atoms with E-state index in [0.29, 0.717) is 0 Å². The molecule has 1 aromatic rings. The molecule has 4 atom stereocenters. The lowest BCUT2D eigenvalue weighted by Gasteiger charge is -2.25. The van der Waals surface area contributed by atoms with E-state index in [-0.39, 0.29) is 11.3 Å². The van der Waals surface area contributed by atoms with Gasteiger partial charge in [0.25, 0.3) is 0 Å². The molecule has 2 bridgehead atoms. The molecule has 0 aliphatic carbocycles. The third-order valence-electron chi connectivity index (χ3n) is 5.51. The predicted molar refractivity (Wildman–Crippen MR) is 82.7 cm³/mol. The third kappa shape index (κ3) is 1.99. The molecule has 25 heavy (non-hydrogen) atoms. The lowest BCUT2D eigenvalue weighted by molar-refractivity contribution is -0.138. The van der Waals surface area contributed by atoms with Gasteiger partial charge >= 0.3 is 6.18 Å². The van der Waals surface area contributed by atoms with Gasteiger partial charge in [-0.2, -0.15) is 13.2 Å². The Bertz CT molecular complexity index is 810. The number of ether oxygens (including phenoxy) is 1. The summed E-state index contributed by atoms with van der Waals surface area (Å²) >= 11 is 0. The molecule has 0 aromatic heterocycles. The molecule has 3 aliphatic heterocycles. The van der Waals surface area contributed by atoms with Crippen molar-refractivity contribution in [3.8, 4) is 0 Å². The fourth-order valence-electron chi connectivity index (χ4n) is 4.34. The van der Waals surface area contributed by atoms with Gasteiger partial charge in [0, 0.05) is 0 Å². The van der Waals surface area contributed by atoms with E-state index in [4.69, 9.17) is 4.74 Å². The zero-order valence-corrected chi connectivity index (χ0v) is 13.8. The van der Waals surface area contributed by atoms with Crippen LogP contribution in [0.2, 0.25) is 0 Å². The number of rotatable bonds is 1. The lowest BCUT2D eigenvalue weighted by atomic mass is 9.73. The van der Waals surface area contributed by atoms with Crippen molar-refractivity contribution >= 4 is 17.5 Å². The highest BCUT2D eigenvalue weighted by molar-refractivity contribution is 6.23. The van der Waals surface area contributed by atoms with Crippen LogP contribution >= 0.6 is 0 Å². The summed E-state index contributed by atoms with van der Waals surface area (Å²) in [5.41, 5.74) is -2.66. The van der Waals surface area contributed by atoms with Crippen molar-refractivity contribution in [2.24, 2.45) is 11.8 Å². The molecule has 2 amide bonds. The number of hydrogen-bond acceptors (Lipinski definition) is 3. The Morgan fingerprint density at radius 3 is 2.04 bits per heavy atom. The maximum Gasteiger partial charge on any atom is 0.416 e. The standard InChI is InChI=1S/C18H16F3NO3/c1-9-4-5-10(8-11(9)18(19,20)21)22-14(23)12-13(15(22)24)17(3)7-6-16(12,2)25-17/h4-8,12-13H,1-3H3. The molecule has 2 fully saturated rings. The van der Waals surface area contributed by atoms with Crippen LogP contribution in [0.4, 0.5) is 18.9 Å². The van der Waals surface area contributed by atoms with Crippen molar-refractivity contribution in [2.75, 3.05) is 4.90 Å². The van der Waals surface area contributed by atoms with Crippen LogP contribution in [0.1, 0.15) is 25.0 Å². The Morgan fingerprint density at radius 1 is 1.04 bits per heavy atom. The van der Waals surface area contributed by atoms with Gasteiger partial charge in [-0.25, -0.2) is 4.90 Å². The number of nitrogens with zero attached hydrogens (tertiary/aromatic N) is 1. The van der Waals surface area contributed by atoms with E-state index in [9.17, 15) is 22.8 Å². The Labute approximate surface area is 142 Å².